The van der Waals surface area contributed by atoms with Crippen LogP contribution in [0.3, 0.4) is 0 Å². The largest absolute Gasteiger partial charge is 0.393 e. The molecular weight excluding hydrogens is 431 g/mol. The molecule has 0 saturated heterocycles. The molecule has 1 aliphatic carbocycles. The van der Waals surface area contributed by atoms with Crippen LogP contribution in [0.1, 0.15) is 36.0 Å². The van der Waals surface area contributed by atoms with Gasteiger partial charge in [0.1, 0.15) is 0 Å². The Balaban J connectivity index is 1.87. The molecule has 29 heavy (non-hydrogen) atoms. The predicted molar refractivity (Wildman–Crippen MR) is 101 cm³/mol. The number of amides is 1. The summed E-state index contributed by atoms with van der Waals surface area (Å²) in [5.41, 5.74) is -0.430. The minimum absolute atomic E-state index is 0.0634. The molecule has 0 spiro atoms. The molecule has 2 aromatic carbocycles. The van der Waals surface area contributed by atoms with Gasteiger partial charge in [-0.15, -0.1) is 0 Å². The highest BCUT2D eigenvalue weighted by Crippen LogP contribution is 2.33. The number of sulfone groups is 1. The van der Waals surface area contributed by atoms with E-state index in [0.717, 1.165) is 6.07 Å². The van der Waals surface area contributed by atoms with Gasteiger partial charge in [-0.25, -0.2) is 21.6 Å². The summed E-state index contributed by atoms with van der Waals surface area (Å²) in [6, 6.07) is 4.81. The molecular formula is C19H17ClF3NO4S. The van der Waals surface area contributed by atoms with Crippen molar-refractivity contribution in [3.05, 3.63) is 58.4 Å². The number of hydrogen-bond acceptors (Lipinski definition) is 4. The van der Waals surface area contributed by atoms with Crippen LogP contribution < -0.4 is 5.32 Å². The van der Waals surface area contributed by atoms with Crippen LogP contribution in [0, 0.1) is 17.5 Å². The Bertz CT molecular complexity index is 1030. The number of carbonyl (C=O) groups excluding carboxylic acids is 1. The lowest BCUT2D eigenvalue weighted by Gasteiger charge is -2.25. The zero-order valence-corrected chi connectivity index (χ0v) is 16.5. The van der Waals surface area contributed by atoms with Gasteiger partial charge in [0.25, 0.3) is 5.91 Å². The highest BCUT2D eigenvalue weighted by molar-refractivity contribution is 7.92. The van der Waals surface area contributed by atoms with Crippen LogP contribution in [-0.2, 0) is 9.84 Å². The summed E-state index contributed by atoms with van der Waals surface area (Å²) in [6.45, 7) is 0. The van der Waals surface area contributed by atoms with E-state index < -0.39 is 44.5 Å². The van der Waals surface area contributed by atoms with Gasteiger partial charge in [0.15, 0.2) is 27.3 Å². The number of halogens is 4. The van der Waals surface area contributed by atoms with Gasteiger partial charge in [-0.3, -0.25) is 4.79 Å². The number of hydrogen-bond donors (Lipinski definition) is 2. The van der Waals surface area contributed by atoms with Crippen molar-refractivity contribution in [3.8, 4) is 0 Å². The van der Waals surface area contributed by atoms with E-state index >= 15 is 0 Å². The average molecular weight is 448 g/mol. The van der Waals surface area contributed by atoms with Crippen LogP contribution in [0.2, 0.25) is 5.02 Å². The summed E-state index contributed by atoms with van der Waals surface area (Å²) in [6.07, 6.45) is 0.701. The second-order valence-electron chi connectivity index (χ2n) is 6.83. The Morgan fingerprint density at radius 1 is 1.03 bits per heavy atom. The Labute approximate surface area is 170 Å². The van der Waals surface area contributed by atoms with Gasteiger partial charge in [-0.05, 0) is 43.9 Å². The zero-order valence-electron chi connectivity index (χ0n) is 15.0. The maximum atomic E-state index is 13.3. The highest BCUT2D eigenvalue weighted by Gasteiger charge is 2.33. The van der Waals surface area contributed by atoms with Crippen molar-refractivity contribution in [2.75, 3.05) is 5.32 Å². The number of nitrogens with one attached hydrogen (secondary N) is 1. The number of aliphatic hydroxyl groups is 1. The van der Waals surface area contributed by atoms with Crippen molar-refractivity contribution < 1.29 is 31.5 Å². The van der Waals surface area contributed by atoms with Gasteiger partial charge < -0.3 is 10.4 Å². The molecule has 0 aromatic heterocycles. The first kappa shape index (κ1) is 21.6. The first-order valence-electron chi connectivity index (χ1n) is 8.77. The molecule has 0 radical (unpaired) electrons. The number of anilines is 1. The van der Waals surface area contributed by atoms with Crippen molar-refractivity contribution in [1.29, 1.82) is 0 Å². The van der Waals surface area contributed by atoms with Crippen molar-refractivity contribution in [2.45, 2.75) is 41.9 Å². The van der Waals surface area contributed by atoms with E-state index in [4.69, 9.17) is 11.6 Å². The van der Waals surface area contributed by atoms with E-state index in [1.807, 2.05) is 0 Å². The summed E-state index contributed by atoms with van der Waals surface area (Å²) in [7, 11) is -3.86. The molecule has 10 heteroatoms. The van der Waals surface area contributed by atoms with Crippen molar-refractivity contribution in [2.24, 2.45) is 0 Å². The molecule has 1 saturated carbocycles. The predicted octanol–water partition coefficient (Wildman–Crippen LogP) is 4.09. The smallest absolute Gasteiger partial charge is 0.255 e. The van der Waals surface area contributed by atoms with Crippen LogP contribution >= 0.6 is 11.6 Å². The number of benzene rings is 2. The molecule has 0 heterocycles. The summed E-state index contributed by atoms with van der Waals surface area (Å²) < 4.78 is 65.6. The SMILES string of the molecule is O=C(Nc1cc(F)c(F)c(F)c1)c1ccc(Cl)c(S(=O)(=O)[C@H]2CC[C@H](O)CC2)c1. The van der Waals surface area contributed by atoms with E-state index in [2.05, 4.69) is 5.32 Å². The summed E-state index contributed by atoms with van der Waals surface area (Å²) in [5.74, 6) is -5.46. The lowest BCUT2D eigenvalue weighted by Crippen LogP contribution is -2.29. The van der Waals surface area contributed by atoms with Gasteiger partial charge in [0.2, 0.25) is 0 Å². The van der Waals surface area contributed by atoms with Crippen LogP contribution in [-0.4, -0.2) is 30.8 Å². The quantitative estimate of drug-likeness (QED) is 0.691. The first-order valence-corrected chi connectivity index (χ1v) is 10.7. The molecule has 0 unspecified atom stereocenters. The fourth-order valence-electron chi connectivity index (χ4n) is 3.23. The Morgan fingerprint density at radius 2 is 1.62 bits per heavy atom. The highest BCUT2D eigenvalue weighted by atomic mass is 35.5. The number of aliphatic hydroxyl groups excluding tert-OH is 1. The molecule has 1 amide bonds. The minimum atomic E-state index is -3.86. The lowest BCUT2D eigenvalue weighted by atomic mass is 9.97. The molecule has 0 atom stereocenters. The van der Waals surface area contributed by atoms with E-state index in [1.165, 1.54) is 12.1 Å². The fraction of sp³-hybridized carbons (Fsp3) is 0.316. The molecule has 5 nitrogen and oxygen atoms in total. The maximum Gasteiger partial charge on any atom is 0.255 e. The third kappa shape index (κ3) is 4.57. The van der Waals surface area contributed by atoms with E-state index in [9.17, 15) is 31.5 Å². The van der Waals surface area contributed by atoms with E-state index in [-0.39, 0.29) is 34.0 Å². The second-order valence-corrected chi connectivity index (χ2v) is 9.43. The molecule has 2 aromatic rings. The Kier molecular flexibility index (Phi) is 6.21. The van der Waals surface area contributed by atoms with E-state index in [1.54, 1.807) is 0 Å². The first-order chi connectivity index (χ1) is 13.6. The van der Waals surface area contributed by atoms with Crippen molar-refractivity contribution >= 4 is 33.0 Å². The summed E-state index contributed by atoms with van der Waals surface area (Å²) in [4.78, 5) is 12.2. The molecule has 0 aliphatic heterocycles. The van der Waals surface area contributed by atoms with Gasteiger partial charge in [0, 0.05) is 23.4 Å². The molecule has 3 rings (SSSR count). The van der Waals surface area contributed by atoms with Crippen molar-refractivity contribution in [3.63, 3.8) is 0 Å². The third-order valence-corrected chi connectivity index (χ3v) is 7.57. The number of carbonyl (C=O) groups is 1. The molecule has 156 valence electrons. The standard InChI is InChI=1S/C19H17ClF3NO4S/c20-14-6-1-10(19(26)24-11-8-15(21)18(23)16(22)9-11)7-17(14)29(27,28)13-4-2-12(25)3-5-13/h1,6-9,12-13,25H,2-5H2,(H,24,26)/t12-,13-. The van der Waals surface area contributed by atoms with Crippen LogP contribution in [0.5, 0.6) is 0 Å². The third-order valence-electron chi connectivity index (χ3n) is 4.82. The second kappa shape index (κ2) is 8.33. The number of rotatable bonds is 4. The Morgan fingerprint density at radius 3 is 2.21 bits per heavy atom. The molecule has 1 aliphatic rings. The van der Waals surface area contributed by atoms with Crippen molar-refractivity contribution in [1.82, 2.24) is 0 Å². The van der Waals surface area contributed by atoms with Crippen LogP contribution in [0.25, 0.3) is 0 Å². The fourth-order valence-corrected chi connectivity index (χ4v) is 5.55. The van der Waals surface area contributed by atoms with Gasteiger partial charge >= 0.3 is 0 Å². The van der Waals surface area contributed by atoms with Crippen LogP contribution in [0.15, 0.2) is 35.2 Å². The minimum Gasteiger partial charge on any atom is -0.393 e. The normalized spacial score (nSPS) is 19.8. The monoisotopic (exact) mass is 447 g/mol. The zero-order chi connectivity index (χ0) is 21.3. The average Bonchev–Trinajstić information content (AvgIpc) is 2.66. The molecule has 2 N–H and O–H groups in total. The lowest BCUT2D eigenvalue weighted by molar-refractivity contribution is 0.102. The molecule has 0 bridgehead atoms. The van der Waals surface area contributed by atoms with Gasteiger partial charge in [-0.2, -0.15) is 0 Å². The van der Waals surface area contributed by atoms with Gasteiger partial charge in [0.05, 0.1) is 21.3 Å². The summed E-state index contributed by atoms with van der Waals surface area (Å²) >= 11 is 6.05. The summed E-state index contributed by atoms with van der Waals surface area (Å²) in [5, 5.41) is 11.0. The van der Waals surface area contributed by atoms with Gasteiger partial charge in [-0.1, -0.05) is 11.6 Å². The molecule has 1 fully saturated rings. The maximum absolute atomic E-state index is 13.3. The topological polar surface area (TPSA) is 83.5 Å². The Hall–Kier alpha value is -2.10. The van der Waals surface area contributed by atoms with Crippen LogP contribution in [0.4, 0.5) is 18.9 Å². The van der Waals surface area contributed by atoms with E-state index in [0.29, 0.717) is 25.0 Å².